The van der Waals surface area contributed by atoms with E-state index in [0.29, 0.717) is 23.0 Å². The van der Waals surface area contributed by atoms with Gasteiger partial charge in [0.2, 0.25) is 0 Å². The van der Waals surface area contributed by atoms with Crippen LogP contribution in [0.2, 0.25) is 0 Å². The van der Waals surface area contributed by atoms with Gasteiger partial charge in [-0.2, -0.15) is 0 Å². The highest BCUT2D eigenvalue weighted by Crippen LogP contribution is 2.27. The number of unbranched alkanes of at least 4 members (excludes halogenated alkanes) is 1. The number of hydrogen-bond donors (Lipinski definition) is 0. The van der Waals surface area contributed by atoms with E-state index in [9.17, 15) is 4.79 Å². The summed E-state index contributed by atoms with van der Waals surface area (Å²) in [5, 5.41) is 0.319. The summed E-state index contributed by atoms with van der Waals surface area (Å²) in [4.78, 5) is 25.7. The smallest absolute Gasteiger partial charge is 0.262 e. The average molecular weight is 425 g/mol. The Morgan fingerprint density at radius 1 is 1.13 bits per heavy atom. The summed E-state index contributed by atoms with van der Waals surface area (Å²) in [6.07, 6.45) is 10.2. The lowest BCUT2D eigenvalue weighted by molar-refractivity contribution is 0.0814. The molecule has 3 heterocycles. The Hall–Kier alpha value is -2.70. The summed E-state index contributed by atoms with van der Waals surface area (Å²) in [7, 11) is 0. The first-order valence-electron chi connectivity index (χ1n) is 10.3. The second kappa shape index (κ2) is 9.41. The SMILES string of the molecule is Cc1cnc(C2=CCN(CCCCN3C(=O)c4ccccc4OC=C3Cl)CC2)nc1. The van der Waals surface area contributed by atoms with E-state index in [-0.39, 0.29) is 5.91 Å². The Bertz CT molecular complexity index is 971. The summed E-state index contributed by atoms with van der Waals surface area (Å²) in [6, 6.07) is 7.21. The lowest BCUT2D eigenvalue weighted by atomic mass is 10.1. The Morgan fingerprint density at radius 3 is 2.67 bits per heavy atom. The zero-order valence-electron chi connectivity index (χ0n) is 17.1. The van der Waals surface area contributed by atoms with E-state index in [2.05, 4.69) is 20.9 Å². The van der Waals surface area contributed by atoms with Crippen molar-refractivity contribution in [1.82, 2.24) is 19.8 Å². The maximum absolute atomic E-state index is 12.8. The number of hydrogen-bond acceptors (Lipinski definition) is 5. The van der Waals surface area contributed by atoms with Gasteiger partial charge in [0.1, 0.15) is 17.2 Å². The summed E-state index contributed by atoms with van der Waals surface area (Å²) in [5.74, 6) is 1.26. The number of halogens is 1. The Labute approximate surface area is 181 Å². The van der Waals surface area contributed by atoms with Crippen LogP contribution in [0.25, 0.3) is 5.57 Å². The molecule has 0 saturated heterocycles. The van der Waals surface area contributed by atoms with Crippen LogP contribution in [0.5, 0.6) is 5.75 Å². The number of carbonyl (C=O) groups is 1. The first-order chi connectivity index (χ1) is 14.6. The van der Waals surface area contributed by atoms with Gasteiger partial charge in [-0.15, -0.1) is 0 Å². The second-order valence-electron chi connectivity index (χ2n) is 7.58. The summed E-state index contributed by atoms with van der Waals surface area (Å²) in [5.41, 5.74) is 2.83. The number of ether oxygens (including phenoxy) is 1. The van der Waals surface area contributed by atoms with Crippen molar-refractivity contribution in [2.45, 2.75) is 26.2 Å². The van der Waals surface area contributed by atoms with Crippen molar-refractivity contribution < 1.29 is 9.53 Å². The molecule has 7 heteroatoms. The standard InChI is InChI=1S/C23H25ClN4O2/c1-17-14-25-22(26-15-17)18-8-12-27(13-9-18)10-4-5-11-28-21(24)16-30-20-7-3-2-6-19(20)23(28)29/h2-3,6-8,14-16H,4-5,9-13H2,1H3. The molecule has 0 atom stereocenters. The van der Waals surface area contributed by atoms with E-state index in [1.807, 2.05) is 31.5 Å². The molecule has 0 saturated carbocycles. The predicted octanol–water partition coefficient (Wildman–Crippen LogP) is 4.23. The van der Waals surface area contributed by atoms with Crippen molar-refractivity contribution in [3.05, 3.63) is 71.1 Å². The molecule has 0 N–H and O–H groups in total. The third-order valence-corrected chi connectivity index (χ3v) is 5.66. The van der Waals surface area contributed by atoms with Gasteiger partial charge in [0.15, 0.2) is 5.82 Å². The Balaban J connectivity index is 1.26. The largest absolute Gasteiger partial charge is 0.461 e. The number of fused-ring (bicyclic) bond motifs is 1. The van der Waals surface area contributed by atoms with Crippen molar-refractivity contribution in [1.29, 1.82) is 0 Å². The maximum atomic E-state index is 12.8. The first kappa shape index (κ1) is 20.6. The lowest BCUT2D eigenvalue weighted by Gasteiger charge is -2.26. The van der Waals surface area contributed by atoms with Crippen LogP contribution in [0.3, 0.4) is 0 Å². The average Bonchev–Trinajstić information content (AvgIpc) is 2.89. The number of nitrogens with zero attached hydrogens (tertiary/aromatic N) is 4. The normalized spacial score (nSPS) is 17.0. The second-order valence-corrected chi connectivity index (χ2v) is 7.97. The van der Waals surface area contributed by atoms with Crippen molar-refractivity contribution in [2.75, 3.05) is 26.2 Å². The van der Waals surface area contributed by atoms with E-state index in [0.717, 1.165) is 50.3 Å². The molecular weight excluding hydrogens is 400 g/mol. The van der Waals surface area contributed by atoms with E-state index < -0.39 is 0 Å². The van der Waals surface area contributed by atoms with Gasteiger partial charge in [-0.3, -0.25) is 14.6 Å². The predicted molar refractivity (Wildman–Crippen MR) is 117 cm³/mol. The maximum Gasteiger partial charge on any atom is 0.262 e. The molecule has 2 aromatic rings. The van der Waals surface area contributed by atoms with Gasteiger partial charge < -0.3 is 4.74 Å². The fraction of sp³-hybridized carbons (Fsp3) is 0.348. The van der Waals surface area contributed by atoms with Crippen LogP contribution in [-0.4, -0.2) is 51.9 Å². The Morgan fingerprint density at radius 2 is 1.90 bits per heavy atom. The van der Waals surface area contributed by atoms with Gasteiger partial charge in [-0.1, -0.05) is 29.8 Å². The number of para-hydroxylation sites is 1. The number of aromatic nitrogens is 2. The highest BCUT2D eigenvalue weighted by Gasteiger charge is 2.25. The molecule has 2 aliphatic heterocycles. The van der Waals surface area contributed by atoms with Crippen LogP contribution in [0, 0.1) is 6.92 Å². The lowest BCUT2D eigenvalue weighted by Crippen LogP contribution is -2.32. The molecule has 4 rings (SSSR count). The number of carbonyl (C=O) groups excluding carboxylic acids is 1. The number of rotatable bonds is 6. The molecule has 6 nitrogen and oxygen atoms in total. The summed E-state index contributed by atoms with van der Waals surface area (Å²) in [6.45, 7) is 5.44. The molecule has 0 unspecified atom stereocenters. The molecule has 0 bridgehead atoms. The molecule has 0 spiro atoms. The summed E-state index contributed by atoms with van der Waals surface area (Å²) >= 11 is 6.29. The first-order valence-corrected chi connectivity index (χ1v) is 10.6. The van der Waals surface area contributed by atoms with E-state index in [1.54, 1.807) is 17.0 Å². The Kier molecular flexibility index (Phi) is 6.45. The van der Waals surface area contributed by atoms with Gasteiger partial charge in [-0.25, -0.2) is 9.97 Å². The van der Waals surface area contributed by atoms with Crippen LogP contribution in [0.4, 0.5) is 0 Å². The highest BCUT2D eigenvalue weighted by atomic mass is 35.5. The quantitative estimate of drug-likeness (QED) is 0.513. The zero-order chi connectivity index (χ0) is 20.9. The van der Waals surface area contributed by atoms with Crippen LogP contribution in [-0.2, 0) is 0 Å². The van der Waals surface area contributed by atoms with Gasteiger partial charge in [-0.05, 0) is 56.0 Å². The van der Waals surface area contributed by atoms with Crippen LogP contribution < -0.4 is 4.74 Å². The minimum absolute atomic E-state index is 0.118. The molecule has 1 aromatic heterocycles. The van der Waals surface area contributed by atoms with Crippen LogP contribution in [0.1, 0.15) is 41.0 Å². The summed E-state index contributed by atoms with van der Waals surface area (Å²) < 4.78 is 5.53. The van der Waals surface area contributed by atoms with Gasteiger partial charge in [0.25, 0.3) is 5.91 Å². The number of benzene rings is 1. The van der Waals surface area contributed by atoms with Gasteiger partial charge in [0.05, 0.1) is 5.56 Å². The van der Waals surface area contributed by atoms with Crippen LogP contribution >= 0.6 is 11.6 Å². The number of amides is 1. The highest BCUT2D eigenvalue weighted by molar-refractivity contribution is 6.30. The molecule has 0 aliphatic carbocycles. The van der Waals surface area contributed by atoms with Gasteiger partial charge in [0, 0.05) is 32.0 Å². The monoisotopic (exact) mass is 424 g/mol. The molecule has 30 heavy (non-hydrogen) atoms. The van der Waals surface area contributed by atoms with E-state index >= 15 is 0 Å². The van der Waals surface area contributed by atoms with Crippen molar-refractivity contribution in [2.24, 2.45) is 0 Å². The zero-order valence-corrected chi connectivity index (χ0v) is 17.8. The van der Waals surface area contributed by atoms with Crippen molar-refractivity contribution >= 4 is 23.1 Å². The van der Waals surface area contributed by atoms with Crippen molar-refractivity contribution in [3.63, 3.8) is 0 Å². The fourth-order valence-corrected chi connectivity index (χ4v) is 3.86. The molecule has 1 amide bonds. The molecular formula is C23H25ClN4O2. The fourth-order valence-electron chi connectivity index (χ4n) is 3.65. The molecule has 156 valence electrons. The van der Waals surface area contributed by atoms with Gasteiger partial charge >= 0.3 is 0 Å². The van der Waals surface area contributed by atoms with E-state index in [4.69, 9.17) is 16.3 Å². The topological polar surface area (TPSA) is 58.6 Å². The molecule has 1 aromatic carbocycles. The third-order valence-electron chi connectivity index (χ3n) is 5.37. The van der Waals surface area contributed by atoms with Crippen molar-refractivity contribution in [3.8, 4) is 5.75 Å². The molecule has 0 radical (unpaired) electrons. The molecule has 2 aliphatic rings. The van der Waals surface area contributed by atoms with E-state index in [1.165, 1.54) is 11.8 Å². The number of aryl methyl sites for hydroxylation is 1. The minimum Gasteiger partial charge on any atom is -0.461 e. The third kappa shape index (κ3) is 4.71. The van der Waals surface area contributed by atoms with Crippen LogP contribution in [0.15, 0.2) is 54.2 Å². The molecule has 0 fully saturated rings. The minimum atomic E-state index is -0.118.